The molecule has 1 saturated heterocycles. The first kappa shape index (κ1) is 20.1. The fraction of sp³-hybridized carbons (Fsp3) is 0.200. The highest BCUT2D eigenvalue weighted by Gasteiger charge is 2.29. The standard InChI is InChI=1S/C20H18ClFN2O3S/c1-3-24-19(25)16(23-20(24)28)9-13-8-15(21)18(17(10-13)26-2)27-11-12-5-4-6-14(22)7-12/h4-10H,3,11H2,1-2H3,(H,23,28)/b16-9-. The van der Waals surface area contributed by atoms with E-state index >= 15 is 0 Å². The van der Waals surface area contributed by atoms with Gasteiger partial charge in [0.2, 0.25) is 0 Å². The smallest absolute Gasteiger partial charge is 0.276 e. The molecule has 28 heavy (non-hydrogen) atoms. The van der Waals surface area contributed by atoms with Gasteiger partial charge in [0.15, 0.2) is 16.6 Å². The van der Waals surface area contributed by atoms with Crippen LogP contribution in [0.5, 0.6) is 11.5 Å². The predicted molar refractivity (Wildman–Crippen MR) is 110 cm³/mol. The molecular formula is C20H18ClFN2O3S. The summed E-state index contributed by atoms with van der Waals surface area (Å²) in [4.78, 5) is 13.8. The van der Waals surface area contributed by atoms with Gasteiger partial charge in [-0.15, -0.1) is 0 Å². The normalized spacial score (nSPS) is 15.1. The van der Waals surface area contributed by atoms with E-state index in [-0.39, 0.29) is 18.3 Å². The zero-order valence-electron chi connectivity index (χ0n) is 15.3. The molecule has 1 amide bonds. The average molecular weight is 421 g/mol. The molecule has 1 heterocycles. The lowest BCUT2D eigenvalue weighted by Gasteiger charge is -2.13. The van der Waals surface area contributed by atoms with Crippen LogP contribution >= 0.6 is 23.8 Å². The van der Waals surface area contributed by atoms with E-state index in [0.717, 1.165) is 0 Å². The highest BCUT2D eigenvalue weighted by atomic mass is 35.5. The van der Waals surface area contributed by atoms with Gasteiger partial charge >= 0.3 is 0 Å². The van der Waals surface area contributed by atoms with Crippen LogP contribution in [0.25, 0.3) is 6.08 Å². The first-order chi connectivity index (χ1) is 13.4. The number of carbonyl (C=O) groups excluding carboxylic acids is 1. The minimum Gasteiger partial charge on any atom is -0.493 e. The van der Waals surface area contributed by atoms with E-state index in [1.165, 1.54) is 24.1 Å². The summed E-state index contributed by atoms with van der Waals surface area (Å²) >= 11 is 11.5. The van der Waals surface area contributed by atoms with Crippen molar-refractivity contribution >= 4 is 40.9 Å². The number of rotatable bonds is 6. The Labute approximate surface area is 172 Å². The second-order valence-corrected chi connectivity index (χ2v) is 6.78. The maximum Gasteiger partial charge on any atom is 0.276 e. The van der Waals surface area contributed by atoms with Gasteiger partial charge < -0.3 is 14.8 Å². The molecule has 0 spiro atoms. The number of nitrogens with zero attached hydrogens (tertiary/aromatic N) is 1. The molecule has 0 saturated carbocycles. The molecule has 146 valence electrons. The Bertz CT molecular complexity index is 964. The van der Waals surface area contributed by atoms with E-state index in [9.17, 15) is 9.18 Å². The molecule has 1 aliphatic heterocycles. The van der Waals surface area contributed by atoms with Gasteiger partial charge in [0.05, 0.1) is 12.1 Å². The van der Waals surface area contributed by atoms with E-state index in [1.54, 1.807) is 30.3 Å². The third-order valence-corrected chi connectivity index (χ3v) is 4.72. The zero-order valence-corrected chi connectivity index (χ0v) is 16.9. The van der Waals surface area contributed by atoms with Crippen molar-refractivity contribution in [2.45, 2.75) is 13.5 Å². The monoisotopic (exact) mass is 420 g/mol. The minimum absolute atomic E-state index is 0.133. The largest absolute Gasteiger partial charge is 0.493 e. The minimum atomic E-state index is -0.339. The summed E-state index contributed by atoms with van der Waals surface area (Å²) in [7, 11) is 1.49. The quantitative estimate of drug-likeness (QED) is 0.562. The number of halogens is 2. The van der Waals surface area contributed by atoms with Crippen molar-refractivity contribution in [3.8, 4) is 11.5 Å². The van der Waals surface area contributed by atoms with Gasteiger partial charge in [-0.2, -0.15) is 0 Å². The Morgan fingerprint density at radius 2 is 2.11 bits per heavy atom. The number of likely N-dealkylation sites (N-methyl/N-ethyl adjacent to an activating group) is 1. The zero-order chi connectivity index (χ0) is 20.3. The molecule has 8 heteroatoms. The number of hydrogen-bond acceptors (Lipinski definition) is 4. The molecule has 5 nitrogen and oxygen atoms in total. The van der Waals surface area contributed by atoms with Crippen molar-refractivity contribution in [3.05, 3.63) is 64.1 Å². The molecule has 3 rings (SSSR count). The van der Waals surface area contributed by atoms with Crippen molar-refractivity contribution in [2.75, 3.05) is 13.7 Å². The third kappa shape index (κ3) is 4.26. The first-order valence-electron chi connectivity index (χ1n) is 8.52. The second-order valence-electron chi connectivity index (χ2n) is 5.99. The van der Waals surface area contributed by atoms with Gasteiger partial charge in [0.1, 0.15) is 18.1 Å². The van der Waals surface area contributed by atoms with Gasteiger partial charge in [0, 0.05) is 6.54 Å². The van der Waals surface area contributed by atoms with Crippen molar-refractivity contribution in [1.82, 2.24) is 10.2 Å². The highest BCUT2D eigenvalue weighted by Crippen LogP contribution is 2.37. The molecule has 0 unspecified atom stereocenters. The lowest BCUT2D eigenvalue weighted by Crippen LogP contribution is -2.30. The fourth-order valence-electron chi connectivity index (χ4n) is 2.77. The van der Waals surface area contributed by atoms with Crippen LogP contribution in [-0.4, -0.2) is 29.6 Å². The molecule has 0 atom stereocenters. The number of ether oxygens (including phenoxy) is 2. The van der Waals surface area contributed by atoms with E-state index in [0.29, 0.717) is 45.0 Å². The SMILES string of the molecule is CCN1C(=O)/C(=C/c2cc(Cl)c(OCc3cccc(F)c3)c(OC)c2)NC1=S. The molecule has 1 aliphatic rings. The number of benzene rings is 2. The van der Waals surface area contributed by atoms with Crippen LogP contribution in [0.1, 0.15) is 18.1 Å². The van der Waals surface area contributed by atoms with Crippen molar-refractivity contribution in [1.29, 1.82) is 0 Å². The summed E-state index contributed by atoms with van der Waals surface area (Å²) in [6.45, 7) is 2.46. The molecule has 0 radical (unpaired) electrons. The maximum absolute atomic E-state index is 13.3. The number of hydrogen-bond donors (Lipinski definition) is 1. The average Bonchev–Trinajstić information content (AvgIpc) is 2.93. The Hall–Kier alpha value is -2.64. The second kappa shape index (κ2) is 8.58. The molecule has 2 aromatic rings. The number of methoxy groups -OCH3 is 1. The van der Waals surface area contributed by atoms with Gasteiger partial charge in [-0.1, -0.05) is 23.7 Å². The number of amides is 1. The van der Waals surface area contributed by atoms with Crippen LogP contribution in [-0.2, 0) is 11.4 Å². The van der Waals surface area contributed by atoms with Crippen molar-refractivity contribution in [3.63, 3.8) is 0 Å². The Kier molecular flexibility index (Phi) is 6.16. The van der Waals surface area contributed by atoms with E-state index in [4.69, 9.17) is 33.3 Å². The van der Waals surface area contributed by atoms with Crippen LogP contribution in [0.2, 0.25) is 5.02 Å². The molecule has 1 N–H and O–H groups in total. The maximum atomic E-state index is 13.3. The van der Waals surface area contributed by atoms with Gasteiger partial charge in [-0.05, 0) is 60.6 Å². The molecule has 0 bridgehead atoms. The van der Waals surface area contributed by atoms with Crippen LogP contribution in [0, 0.1) is 5.82 Å². The molecule has 1 fully saturated rings. The number of carbonyl (C=O) groups is 1. The van der Waals surface area contributed by atoms with Gasteiger partial charge in [-0.25, -0.2) is 4.39 Å². The number of thiocarbonyl (C=S) groups is 1. The Balaban J connectivity index is 1.85. The molecule has 0 aromatic heterocycles. The summed E-state index contributed by atoms with van der Waals surface area (Å²) in [5.41, 5.74) is 1.67. The summed E-state index contributed by atoms with van der Waals surface area (Å²) in [6, 6.07) is 9.47. The molecule has 0 aliphatic carbocycles. The van der Waals surface area contributed by atoms with Crippen molar-refractivity contribution in [2.24, 2.45) is 0 Å². The lowest BCUT2D eigenvalue weighted by atomic mass is 10.1. The van der Waals surface area contributed by atoms with Crippen LogP contribution in [0.15, 0.2) is 42.1 Å². The van der Waals surface area contributed by atoms with E-state index < -0.39 is 0 Å². The highest BCUT2D eigenvalue weighted by molar-refractivity contribution is 7.80. The van der Waals surface area contributed by atoms with Crippen LogP contribution < -0.4 is 14.8 Å². The Morgan fingerprint density at radius 1 is 1.32 bits per heavy atom. The van der Waals surface area contributed by atoms with E-state index in [2.05, 4.69) is 5.32 Å². The Morgan fingerprint density at radius 3 is 2.75 bits per heavy atom. The lowest BCUT2D eigenvalue weighted by molar-refractivity contribution is -0.122. The number of nitrogens with one attached hydrogen (secondary N) is 1. The van der Waals surface area contributed by atoms with E-state index in [1.807, 2.05) is 6.92 Å². The van der Waals surface area contributed by atoms with Gasteiger partial charge in [0.25, 0.3) is 5.91 Å². The van der Waals surface area contributed by atoms with Crippen LogP contribution in [0.3, 0.4) is 0 Å². The topological polar surface area (TPSA) is 50.8 Å². The predicted octanol–water partition coefficient (Wildman–Crippen LogP) is 4.14. The molecule has 2 aromatic carbocycles. The summed E-state index contributed by atoms with van der Waals surface area (Å²) in [5, 5.41) is 3.57. The van der Waals surface area contributed by atoms with Gasteiger partial charge in [-0.3, -0.25) is 9.69 Å². The summed E-state index contributed by atoms with van der Waals surface area (Å²) in [5.74, 6) is 0.200. The summed E-state index contributed by atoms with van der Waals surface area (Å²) in [6.07, 6.45) is 1.65. The van der Waals surface area contributed by atoms with Crippen LogP contribution in [0.4, 0.5) is 4.39 Å². The first-order valence-corrected chi connectivity index (χ1v) is 9.31. The third-order valence-electron chi connectivity index (χ3n) is 4.11. The summed E-state index contributed by atoms with van der Waals surface area (Å²) < 4.78 is 24.4. The fourth-order valence-corrected chi connectivity index (χ4v) is 3.37. The molecular weight excluding hydrogens is 403 g/mol. The van der Waals surface area contributed by atoms with Crippen molar-refractivity contribution < 1.29 is 18.7 Å².